The molecule has 0 amide bonds. The van der Waals surface area contributed by atoms with Crippen LogP contribution in [0.4, 0.5) is 13.2 Å². The molecule has 6 nitrogen and oxygen atoms in total. The highest BCUT2D eigenvalue weighted by Gasteiger charge is 2.38. The molecule has 0 spiro atoms. The van der Waals surface area contributed by atoms with Crippen molar-refractivity contribution >= 4 is 5.97 Å². The Kier molecular flexibility index (Phi) is 5.85. The summed E-state index contributed by atoms with van der Waals surface area (Å²) in [5, 5.41) is 14.8. The molecule has 0 saturated carbocycles. The number of alkyl halides is 3. The predicted molar refractivity (Wildman–Crippen MR) is 65.1 cm³/mol. The van der Waals surface area contributed by atoms with Gasteiger partial charge in [-0.1, -0.05) is 30.3 Å². The fourth-order valence-corrected chi connectivity index (χ4v) is 1.21. The van der Waals surface area contributed by atoms with E-state index in [9.17, 15) is 13.2 Å². The molecule has 0 aliphatic rings. The monoisotopic (exact) mass is 303 g/mol. The van der Waals surface area contributed by atoms with Crippen molar-refractivity contribution in [2.45, 2.75) is 19.1 Å². The summed E-state index contributed by atoms with van der Waals surface area (Å²) in [5.74, 6) is -1.67. The summed E-state index contributed by atoms with van der Waals surface area (Å²) in [7, 11) is 0. The first-order valence-corrected chi connectivity index (χ1v) is 5.68. The maximum Gasteiger partial charge on any atom is 0.490 e. The van der Waals surface area contributed by atoms with E-state index in [1.807, 2.05) is 30.3 Å². The van der Waals surface area contributed by atoms with Gasteiger partial charge in [0.2, 0.25) is 11.8 Å². The van der Waals surface area contributed by atoms with Gasteiger partial charge < -0.3 is 15.3 Å². The first kappa shape index (κ1) is 16.6. The van der Waals surface area contributed by atoms with Crippen LogP contribution in [0.3, 0.4) is 0 Å². The van der Waals surface area contributed by atoms with Gasteiger partial charge in [0.1, 0.15) is 0 Å². The van der Waals surface area contributed by atoms with Crippen molar-refractivity contribution in [1.82, 2.24) is 10.2 Å². The van der Waals surface area contributed by atoms with Crippen LogP contribution in [0.2, 0.25) is 0 Å². The zero-order valence-electron chi connectivity index (χ0n) is 10.7. The van der Waals surface area contributed by atoms with E-state index >= 15 is 0 Å². The molecule has 21 heavy (non-hydrogen) atoms. The Morgan fingerprint density at radius 3 is 2.14 bits per heavy atom. The smallest absolute Gasteiger partial charge is 0.475 e. The van der Waals surface area contributed by atoms with Crippen LogP contribution in [-0.4, -0.2) is 27.4 Å². The van der Waals surface area contributed by atoms with Gasteiger partial charge in [0.05, 0.1) is 13.0 Å². The van der Waals surface area contributed by atoms with E-state index in [1.54, 1.807) is 0 Å². The van der Waals surface area contributed by atoms with Crippen LogP contribution >= 0.6 is 0 Å². The molecule has 0 fully saturated rings. The minimum absolute atomic E-state index is 0.293. The largest absolute Gasteiger partial charge is 0.490 e. The molecule has 0 aliphatic carbocycles. The molecule has 114 valence electrons. The van der Waals surface area contributed by atoms with E-state index in [4.69, 9.17) is 20.1 Å². The fraction of sp³-hybridized carbons (Fsp3) is 0.250. The first-order chi connectivity index (χ1) is 9.82. The molecule has 1 aromatic carbocycles. The van der Waals surface area contributed by atoms with E-state index in [0.29, 0.717) is 24.7 Å². The molecular weight excluding hydrogens is 291 g/mol. The summed E-state index contributed by atoms with van der Waals surface area (Å²) in [5.41, 5.74) is 6.51. The van der Waals surface area contributed by atoms with Crippen molar-refractivity contribution in [3.8, 4) is 0 Å². The minimum atomic E-state index is -5.08. The molecule has 0 saturated heterocycles. The van der Waals surface area contributed by atoms with Gasteiger partial charge in [0.15, 0.2) is 0 Å². The van der Waals surface area contributed by atoms with Gasteiger partial charge in [-0.25, -0.2) is 4.79 Å². The molecule has 1 heterocycles. The van der Waals surface area contributed by atoms with Crippen LogP contribution in [0.25, 0.3) is 0 Å². The lowest BCUT2D eigenvalue weighted by molar-refractivity contribution is -0.192. The Morgan fingerprint density at radius 1 is 1.19 bits per heavy atom. The SMILES string of the molecule is NCc1nnc(Cc2ccccc2)o1.O=C(O)C(F)(F)F. The minimum Gasteiger partial charge on any atom is -0.475 e. The Hall–Kier alpha value is -2.42. The lowest BCUT2D eigenvalue weighted by Crippen LogP contribution is -2.21. The summed E-state index contributed by atoms with van der Waals surface area (Å²) < 4.78 is 37.0. The number of halogens is 3. The zero-order valence-corrected chi connectivity index (χ0v) is 10.7. The van der Waals surface area contributed by atoms with Crippen LogP contribution < -0.4 is 5.73 Å². The van der Waals surface area contributed by atoms with Crippen molar-refractivity contribution in [3.05, 3.63) is 47.7 Å². The molecule has 0 radical (unpaired) electrons. The number of nitrogens with two attached hydrogens (primary N) is 1. The molecule has 2 rings (SSSR count). The lowest BCUT2D eigenvalue weighted by Gasteiger charge is -1.94. The van der Waals surface area contributed by atoms with Crippen LogP contribution in [0, 0.1) is 0 Å². The van der Waals surface area contributed by atoms with Gasteiger partial charge in [-0.2, -0.15) is 13.2 Å². The molecule has 9 heteroatoms. The first-order valence-electron chi connectivity index (χ1n) is 5.68. The maximum atomic E-state index is 10.6. The van der Waals surface area contributed by atoms with Crippen LogP contribution in [0.5, 0.6) is 0 Å². The third kappa shape index (κ3) is 6.04. The van der Waals surface area contributed by atoms with E-state index in [1.165, 1.54) is 0 Å². The zero-order chi connectivity index (χ0) is 15.9. The van der Waals surface area contributed by atoms with Crippen molar-refractivity contribution in [3.63, 3.8) is 0 Å². The number of nitrogens with zero attached hydrogens (tertiary/aromatic N) is 2. The highest BCUT2D eigenvalue weighted by atomic mass is 19.4. The van der Waals surface area contributed by atoms with Gasteiger partial charge in [-0.3, -0.25) is 0 Å². The fourth-order valence-electron chi connectivity index (χ4n) is 1.21. The van der Waals surface area contributed by atoms with Gasteiger partial charge in [-0.05, 0) is 5.56 Å². The Balaban J connectivity index is 0.000000270. The van der Waals surface area contributed by atoms with Gasteiger partial charge in [-0.15, -0.1) is 10.2 Å². The average Bonchev–Trinajstić information content (AvgIpc) is 2.87. The highest BCUT2D eigenvalue weighted by molar-refractivity contribution is 5.73. The number of rotatable bonds is 3. The van der Waals surface area contributed by atoms with Crippen molar-refractivity contribution in [2.75, 3.05) is 0 Å². The molecule has 2 aromatic rings. The molecular formula is C12H12F3N3O3. The molecule has 0 bridgehead atoms. The number of hydrogen-bond acceptors (Lipinski definition) is 5. The topological polar surface area (TPSA) is 102 Å². The van der Waals surface area contributed by atoms with E-state index in [2.05, 4.69) is 10.2 Å². The third-order valence-electron chi connectivity index (χ3n) is 2.12. The molecule has 0 aliphatic heterocycles. The molecule has 1 aromatic heterocycles. The second-order valence-corrected chi connectivity index (χ2v) is 3.76. The number of hydrogen-bond donors (Lipinski definition) is 2. The third-order valence-corrected chi connectivity index (χ3v) is 2.12. The summed E-state index contributed by atoms with van der Waals surface area (Å²) in [6.45, 7) is 0.293. The summed E-state index contributed by atoms with van der Waals surface area (Å²) in [6, 6.07) is 9.98. The number of carbonyl (C=O) groups is 1. The Morgan fingerprint density at radius 2 is 1.71 bits per heavy atom. The van der Waals surface area contributed by atoms with Crippen molar-refractivity contribution in [1.29, 1.82) is 0 Å². The molecule has 0 atom stereocenters. The number of carboxylic acids is 1. The number of benzene rings is 1. The average molecular weight is 303 g/mol. The number of aromatic nitrogens is 2. The van der Waals surface area contributed by atoms with Gasteiger partial charge in [0.25, 0.3) is 0 Å². The van der Waals surface area contributed by atoms with Crippen LogP contribution in [0.15, 0.2) is 34.7 Å². The Bertz CT molecular complexity index is 570. The van der Waals surface area contributed by atoms with E-state index in [0.717, 1.165) is 5.56 Å². The lowest BCUT2D eigenvalue weighted by atomic mass is 10.2. The summed E-state index contributed by atoms with van der Waals surface area (Å²) in [6.07, 6.45) is -4.42. The van der Waals surface area contributed by atoms with Gasteiger partial charge >= 0.3 is 12.1 Å². The maximum absolute atomic E-state index is 10.6. The quantitative estimate of drug-likeness (QED) is 0.895. The predicted octanol–water partition coefficient (Wildman–Crippen LogP) is 1.75. The summed E-state index contributed by atoms with van der Waals surface area (Å²) >= 11 is 0. The molecule has 3 N–H and O–H groups in total. The van der Waals surface area contributed by atoms with Crippen LogP contribution in [-0.2, 0) is 17.8 Å². The number of carboxylic acid groups (broad SMARTS) is 1. The second kappa shape index (κ2) is 7.39. The molecule has 0 unspecified atom stereocenters. The second-order valence-electron chi connectivity index (χ2n) is 3.76. The summed E-state index contributed by atoms with van der Waals surface area (Å²) in [4.78, 5) is 8.90. The van der Waals surface area contributed by atoms with Gasteiger partial charge in [0, 0.05) is 0 Å². The number of aliphatic carboxylic acids is 1. The Labute approximate surface area is 117 Å². The normalized spacial score (nSPS) is 10.7. The van der Waals surface area contributed by atoms with E-state index < -0.39 is 12.1 Å². The standard InChI is InChI=1S/C10H11N3O.C2HF3O2/c11-7-10-13-12-9(14-10)6-8-4-2-1-3-5-8;3-2(4,5)1(6)7/h1-5H,6-7,11H2;(H,6,7). The highest BCUT2D eigenvalue weighted by Crippen LogP contribution is 2.13. The van der Waals surface area contributed by atoms with E-state index in [-0.39, 0.29) is 0 Å². The van der Waals surface area contributed by atoms with Crippen LogP contribution in [0.1, 0.15) is 17.3 Å². The van der Waals surface area contributed by atoms with Crippen molar-refractivity contribution < 1.29 is 27.5 Å². The van der Waals surface area contributed by atoms with Crippen molar-refractivity contribution in [2.24, 2.45) is 5.73 Å².